The Bertz CT molecular complexity index is 936. The Kier molecular flexibility index (Phi) is 6.41. The minimum absolute atomic E-state index is 0.0793. The third-order valence-corrected chi connectivity index (χ3v) is 4.20. The zero-order valence-corrected chi connectivity index (χ0v) is 15.6. The second-order valence-electron chi connectivity index (χ2n) is 6.12. The van der Waals surface area contributed by atoms with Crippen LogP contribution >= 0.6 is 0 Å². The first kappa shape index (κ1) is 19.2. The first-order chi connectivity index (χ1) is 13.7. The van der Waals surface area contributed by atoms with Gasteiger partial charge in [0.1, 0.15) is 5.75 Å². The highest BCUT2D eigenvalue weighted by Gasteiger charge is 2.09. The first-order valence-electron chi connectivity index (χ1n) is 8.88. The Morgan fingerprint density at radius 2 is 1.54 bits per heavy atom. The van der Waals surface area contributed by atoms with Gasteiger partial charge in [-0.3, -0.25) is 4.79 Å². The Labute approximate surface area is 163 Å². The third kappa shape index (κ3) is 4.98. The molecular formula is C23H21NO4. The number of hydrogen-bond donors (Lipinski definition) is 1. The summed E-state index contributed by atoms with van der Waals surface area (Å²) < 4.78 is 10.4. The van der Waals surface area contributed by atoms with E-state index >= 15 is 0 Å². The number of hydrogen-bond acceptors (Lipinski definition) is 4. The van der Waals surface area contributed by atoms with Crippen LogP contribution in [0.5, 0.6) is 5.75 Å². The Balaban J connectivity index is 1.55. The number of rotatable bonds is 7. The van der Waals surface area contributed by atoms with E-state index in [0.717, 1.165) is 16.7 Å². The van der Waals surface area contributed by atoms with E-state index in [-0.39, 0.29) is 18.5 Å². The molecule has 28 heavy (non-hydrogen) atoms. The Morgan fingerprint density at radius 1 is 0.857 bits per heavy atom. The maximum absolute atomic E-state index is 12.1. The molecule has 5 heteroatoms. The molecular weight excluding hydrogens is 354 g/mol. The molecule has 0 aliphatic rings. The van der Waals surface area contributed by atoms with E-state index in [1.165, 1.54) is 7.11 Å². The maximum Gasteiger partial charge on any atom is 0.337 e. The largest absolute Gasteiger partial charge is 0.483 e. The van der Waals surface area contributed by atoms with Gasteiger partial charge in [-0.05, 0) is 29.3 Å². The molecule has 0 saturated heterocycles. The lowest BCUT2D eigenvalue weighted by Crippen LogP contribution is -2.28. The summed E-state index contributed by atoms with van der Waals surface area (Å²) in [4.78, 5) is 23.6. The maximum atomic E-state index is 12.1. The van der Waals surface area contributed by atoms with E-state index in [1.54, 1.807) is 24.3 Å². The van der Waals surface area contributed by atoms with Gasteiger partial charge in [0.25, 0.3) is 5.91 Å². The summed E-state index contributed by atoms with van der Waals surface area (Å²) in [6.07, 6.45) is 0. The van der Waals surface area contributed by atoms with Crippen molar-refractivity contribution in [2.24, 2.45) is 0 Å². The van der Waals surface area contributed by atoms with Gasteiger partial charge in [0.05, 0.1) is 12.7 Å². The van der Waals surface area contributed by atoms with E-state index < -0.39 is 0 Å². The molecule has 0 fully saturated rings. The highest BCUT2D eigenvalue weighted by Crippen LogP contribution is 2.29. The van der Waals surface area contributed by atoms with Crippen LogP contribution in [0.25, 0.3) is 11.1 Å². The molecule has 0 aliphatic carbocycles. The van der Waals surface area contributed by atoms with Gasteiger partial charge in [0.2, 0.25) is 0 Å². The summed E-state index contributed by atoms with van der Waals surface area (Å²) in [5.74, 6) is 0.0484. The zero-order chi connectivity index (χ0) is 19.8. The summed E-state index contributed by atoms with van der Waals surface area (Å²) in [6.45, 7) is 0.272. The first-order valence-corrected chi connectivity index (χ1v) is 8.88. The lowest BCUT2D eigenvalue weighted by molar-refractivity contribution is -0.123. The standard InChI is InChI=1S/C23H21NO4/c1-27-23(26)19-13-11-17(12-14-19)15-24-22(25)16-28-21-10-6-5-9-20(21)18-7-3-2-4-8-18/h2-14H,15-16H2,1H3,(H,24,25). The van der Waals surface area contributed by atoms with Crippen molar-refractivity contribution >= 4 is 11.9 Å². The summed E-state index contributed by atoms with van der Waals surface area (Å²) in [7, 11) is 1.34. The lowest BCUT2D eigenvalue weighted by atomic mass is 10.1. The lowest BCUT2D eigenvalue weighted by Gasteiger charge is -2.12. The van der Waals surface area contributed by atoms with Crippen molar-refractivity contribution < 1.29 is 19.1 Å². The fourth-order valence-electron chi connectivity index (χ4n) is 2.72. The molecule has 3 aromatic carbocycles. The molecule has 5 nitrogen and oxygen atoms in total. The summed E-state index contributed by atoms with van der Waals surface area (Å²) in [5, 5.41) is 2.81. The topological polar surface area (TPSA) is 64.6 Å². The fraction of sp³-hybridized carbons (Fsp3) is 0.130. The van der Waals surface area contributed by atoms with Crippen LogP contribution in [-0.2, 0) is 16.1 Å². The number of ether oxygens (including phenoxy) is 2. The molecule has 3 aromatic rings. The van der Waals surface area contributed by atoms with Crippen molar-refractivity contribution in [2.75, 3.05) is 13.7 Å². The van der Waals surface area contributed by atoms with Gasteiger partial charge in [0.15, 0.2) is 6.61 Å². The van der Waals surface area contributed by atoms with Crippen LogP contribution < -0.4 is 10.1 Å². The molecule has 0 aromatic heterocycles. The number of carbonyl (C=O) groups excluding carboxylic acids is 2. The second kappa shape index (κ2) is 9.37. The number of esters is 1. The number of amides is 1. The van der Waals surface area contributed by atoms with Gasteiger partial charge < -0.3 is 14.8 Å². The highest BCUT2D eigenvalue weighted by molar-refractivity contribution is 5.89. The van der Waals surface area contributed by atoms with E-state index in [0.29, 0.717) is 17.9 Å². The molecule has 3 rings (SSSR count). The Morgan fingerprint density at radius 3 is 2.25 bits per heavy atom. The van der Waals surface area contributed by atoms with Crippen LogP contribution in [0, 0.1) is 0 Å². The van der Waals surface area contributed by atoms with E-state index in [1.807, 2.05) is 54.6 Å². The van der Waals surface area contributed by atoms with Crippen molar-refractivity contribution in [3.63, 3.8) is 0 Å². The normalized spacial score (nSPS) is 10.2. The molecule has 0 bridgehead atoms. The van der Waals surface area contributed by atoms with Crippen LogP contribution in [-0.4, -0.2) is 25.6 Å². The van der Waals surface area contributed by atoms with Gasteiger partial charge in [0, 0.05) is 12.1 Å². The van der Waals surface area contributed by atoms with Crippen LogP contribution in [0.1, 0.15) is 15.9 Å². The summed E-state index contributed by atoms with van der Waals surface area (Å²) in [5.41, 5.74) is 3.32. The van der Waals surface area contributed by atoms with Gasteiger partial charge in [-0.1, -0.05) is 60.7 Å². The van der Waals surface area contributed by atoms with Gasteiger partial charge in [-0.2, -0.15) is 0 Å². The number of carbonyl (C=O) groups is 2. The number of nitrogens with one attached hydrogen (secondary N) is 1. The summed E-state index contributed by atoms with van der Waals surface area (Å²) >= 11 is 0. The molecule has 0 radical (unpaired) electrons. The number of para-hydroxylation sites is 1. The van der Waals surface area contributed by atoms with Gasteiger partial charge in [-0.25, -0.2) is 4.79 Å². The van der Waals surface area contributed by atoms with Crippen molar-refractivity contribution in [2.45, 2.75) is 6.54 Å². The molecule has 0 aliphatic heterocycles. The number of benzene rings is 3. The monoisotopic (exact) mass is 375 g/mol. The van der Waals surface area contributed by atoms with Crippen LogP contribution in [0.15, 0.2) is 78.9 Å². The van der Waals surface area contributed by atoms with Crippen molar-refractivity contribution in [3.05, 3.63) is 90.0 Å². The van der Waals surface area contributed by atoms with Gasteiger partial charge >= 0.3 is 5.97 Å². The smallest absolute Gasteiger partial charge is 0.337 e. The predicted octanol–water partition coefficient (Wildman–Crippen LogP) is 3.84. The molecule has 1 N–H and O–H groups in total. The SMILES string of the molecule is COC(=O)c1ccc(CNC(=O)COc2ccccc2-c2ccccc2)cc1. The number of methoxy groups -OCH3 is 1. The summed E-state index contributed by atoms with van der Waals surface area (Å²) in [6, 6.07) is 24.4. The van der Waals surface area contributed by atoms with Crippen molar-refractivity contribution in [1.82, 2.24) is 5.32 Å². The molecule has 0 atom stereocenters. The van der Waals surface area contributed by atoms with Crippen molar-refractivity contribution in [3.8, 4) is 16.9 Å². The molecule has 0 saturated carbocycles. The second-order valence-corrected chi connectivity index (χ2v) is 6.12. The average Bonchev–Trinajstić information content (AvgIpc) is 2.77. The highest BCUT2D eigenvalue weighted by atomic mass is 16.5. The molecule has 0 spiro atoms. The van der Waals surface area contributed by atoms with Crippen LogP contribution in [0.3, 0.4) is 0 Å². The quantitative estimate of drug-likeness (QED) is 0.638. The predicted molar refractivity (Wildman–Crippen MR) is 107 cm³/mol. The third-order valence-electron chi connectivity index (χ3n) is 4.20. The molecule has 0 unspecified atom stereocenters. The minimum atomic E-state index is -0.388. The Hall–Kier alpha value is -3.60. The minimum Gasteiger partial charge on any atom is -0.483 e. The molecule has 142 valence electrons. The van der Waals surface area contributed by atoms with Crippen LogP contribution in [0.2, 0.25) is 0 Å². The molecule has 0 heterocycles. The average molecular weight is 375 g/mol. The van der Waals surface area contributed by atoms with Crippen molar-refractivity contribution in [1.29, 1.82) is 0 Å². The molecule has 1 amide bonds. The van der Waals surface area contributed by atoms with Gasteiger partial charge in [-0.15, -0.1) is 0 Å². The van der Waals surface area contributed by atoms with E-state index in [2.05, 4.69) is 10.1 Å². The zero-order valence-electron chi connectivity index (χ0n) is 15.6. The van der Waals surface area contributed by atoms with E-state index in [9.17, 15) is 9.59 Å². The van der Waals surface area contributed by atoms with E-state index in [4.69, 9.17) is 4.74 Å². The van der Waals surface area contributed by atoms with Crippen LogP contribution in [0.4, 0.5) is 0 Å². The fourth-order valence-corrected chi connectivity index (χ4v) is 2.72.